The third-order valence-electron chi connectivity index (χ3n) is 18.2. The van der Waals surface area contributed by atoms with Crippen molar-refractivity contribution >= 4 is 15.8 Å². The van der Waals surface area contributed by atoms with Crippen LogP contribution in [0.3, 0.4) is 0 Å². The molecular formula is C44H72N2O4S. The fraction of sp³-hybridized carbons (Fsp3) is 0.886. The van der Waals surface area contributed by atoms with Gasteiger partial charge in [0.25, 0.3) is 0 Å². The summed E-state index contributed by atoms with van der Waals surface area (Å²) >= 11 is 0. The molecule has 6 nitrogen and oxygen atoms in total. The number of carboxylic acids is 1. The van der Waals surface area contributed by atoms with E-state index in [1.54, 1.807) is 0 Å². The second-order valence-corrected chi connectivity index (χ2v) is 23.0. The first-order chi connectivity index (χ1) is 23.9. The molecule has 0 aromatic rings. The zero-order valence-corrected chi connectivity index (χ0v) is 34.3. The third kappa shape index (κ3) is 6.07. The van der Waals surface area contributed by atoms with E-state index in [0.717, 1.165) is 56.0 Å². The highest BCUT2D eigenvalue weighted by molar-refractivity contribution is 7.91. The highest BCUT2D eigenvalue weighted by Gasteiger charge is 2.70. The maximum atomic E-state index is 12.1. The van der Waals surface area contributed by atoms with Gasteiger partial charge in [-0.1, -0.05) is 67.5 Å². The molecular weight excluding hydrogens is 653 g/mol. The van der Waals surface area contributed by atoms with E-state index in [4.69, 9.17) is 0 Å². The second-order valence-electron chi connectivity index (χ2n) is 20.7. The monoisotopic (exact) mass is 725 g/mol. The van der Waals surface area contributed by atoms with E-state index in [-0.39, 0.29) is 22.3 Å². The van der Waals surface area contributed by atoms with Gasteiger partial charge >= 0.3 is 5.97 Å². The Morgan fingerprint density at radius 2 is 1.63 bits per heavy atom. The van der Waals surface area contributed by atoms with Crippen molar-refractivity contribution in [3.8, 4) is 0 Å². The predicted octanol–water partition coefficient (Wildman–Crippen LogP) is 8.78. The van der Waals surface area contributed by atoms with Crippen molar-refractivity contribution in [2.24, 2.45) is 69.0 Å². The number of sulfone groups is 1. The summed E-state index contributed by atoms with van der Waals surface area (Å²) < 4.78 is 24.2. The number of hydrogen-bond acceptors (Lipinski definition) is 5. The minimum absolute atomic E-state index is 0.0986. The van der Waals surface area contributed by atoms with Crippen LogP contribution in [0.15, 0.2) is 23.3 Å². The fourth-order valence-corrected chi connectivity index (χ4v) is 16.2. The van der Waals surface area contributed by atoms with Crippen LogP contribution in [0.25, 0.3) is 0 Å². The number of fused-ring (bicyclic) bond motifs is 7. The summed E-state index contributed by atoms with van der Waals surface area (Å²) in [6.45, 7) is 24.0. The van der Waals surface area contributed by atoms with Crippen LogP contribution in [0.5, 0.6) is 0 Å². The Balaban J connectivity index is 1.15. The summed E-state index contributed by atoms with van der Waals surface area (Å²) in [6.07, 6.45) is 19.0. The molecule has 2 N–H and O–H groups in total. The molecule has 0 amide bonds. The summed E-state index contributed by atoms with van der Waals surface area (Å²) in [5.74, 6) is 4.76. The highest BCUT2D eigenvalue weighted by Crippen LogP contribution is 2.76. The molecule has 7 aliphatic rings. The Kier molecular flexibility index (Phi) is 9.89. The van der Waals surface area contributed by atoms with Crippen LogP contribution in [0, 0.1) is 69.0 Å². The minimum Gasteiger partial charge on any atom is -0.481 e. The van der Waals surface area contributed by atoms with E-state index in [2.05, 4.69) is 77.8 Å². The van der Waals surface area contributed by atoms with Crippen LogP contribution >= 0.6 is 0 Å². The van der Waals surface area contributed by atoms with E-state index in [1.807, 2.05) is 0 Å². The summed E-state index contributed by atoms with van der Waals surface area (Å²) in [6, 6.07) is 0. The number of allylic oxidation sites excluding steroid dienone is 4. The predicted molar refractivity (Wildman–Crippen MR) is 208 cm³/mol. The van der Waals surface area contributed by atoms with Gasteiger partial charge in [0.1, 0.15) is 0 Å². The Morgan fingerprint density at radius 3 is 2.27 bits per heavy atom. The van der Waals surface area contributed by atoms with Crippen molar-refractivity contribution in [3.05, 3.63) is 23.3 Å². The number of carboxylic acid groups (broad SMARTS) is 1. The van der Waals surface area contributed by atoms with E-state index in [9.17, 15) is 18.3 Å². The van der Waals surface area contributed by atoms with E-state index in [1.165, 1.54) is 62.5 Å². The molecule has 0 spiro atoms. The molecule has 1 aliphatic heterocycles. The SMILES string of the molecule is CC(C)C(C)C1CCC2(NCCN3CCS(=O)(=O)CC3)CCC3(C)C(CCC4C5(C)CC=C(C6=CCC(C(=O)O)CC6)C(C)(C)C5CCC43C)C12. The molecule has 5 fully saturated rings. The van der Waals surface area contributed by atoms with Gasteiger partial charge in [0, 0.05) is 31.7 Å². The molecule has 11 unspecified atom stereocenters. The third-order valence-corrected chi connectivity index (χ3v) is 19.8. The largest absolute Gasteiger partial charge is 0.481 e. The van der Waals surface area contributed by atoms with Gasteiger partial charge in [-0.25, -0.2) is 8.42 Å². The summed E-state index contributed by atoms with van der Waals surface area (Å²) in [5.41, 5.74) is 4.21. The number of carbonyl (C=O) groups is 1. The second kappa shape index (κ2) is 13.2. The van der Waals surface area contributed by atoms with Crippen molar-refractivity contribution in [1.29, 1.82) is 0 Å². The summed E-state index contributed by atoms with van der Waals surface area (Å²) in [4.78, 5) is 14.1. The van der Waals surface area contributed by atoms with E-state index < -0.39 is 15.8 Å². The van der Waals surface area contributed by atoms with Gasteiger partial charge in [-0.3, -0.25) is 4.79 Å². The van der Waals surface area contributed by atoms with Crippen LogP contribution in [0.2, 0.25) is 0 Å². The molecule has 7 rings (SSSR count). The first kappa shape index (κ1) is 38.1. The number of hydrogen-bond donors (Lipinski definition) is 2. The lowest BCUT2D eigenvalue weighted by atomic mass is 9.32. The zero-order chi connectivity index (χ0) is 36.8. The van der Waals surface area contributed by atoms with Gasteiger partial charge in [-0.2, -0.15) is 0 Å². The van der Waals surface area contributed by atoms with Gasteiger partial charge in [0.15, 0.2) is 9.84 Å². The van der Waals surface area contributed by atoms with Gasteiger partial charge in [-0.15, -0.1) is 0 Å². The maximum absolute atomic E-state index is 12.1. The fourth-order valence-electron chi connectivity index (χ4n) is 14.9. The van der Waals surface area contributed by atoms with Crippen molar-refractivity contribution in [2.45, 2.75) is 138 Å². The molecule has 1 heterocycles. The standard InChI is InChI=1S/C44H72N2O4S/c1-29(2)30(3)33-15-20-44(45-23-24-46-25-27-51(49,50)28-26-46)22-21-42(7)35(38(33)44)13-14-37-41(6)18-16-34(31-9-11-32(12-10-31)39(47)48)40(4,5)36(41)17-19-43(37,42)8/h9,16,29-30,32-33,35-38,45H,10-15,17-28H2,1-8H3,(H,47,48). The normalized spacial score (nSPS) is 45.4. The molecule has 0 radical (unpaired) electrons. The molecule has 0 bridgehead atoms. The molecule has 51 heavy (non-hydrogen) atoms. The molecule has 6 aliphatic carbocycles. The molecule has 11 atom stereocenters. The van der Waals surface area contributed by atoms with Crippen LogP contribution in [-0.2, 0) is 14.6 Å². The first-order valence-corrected chi connectivity index (χ1v) is 23.0. The van der Waals surface area contributed by atoms with E-state index >= 15 is 0 Å². The van der Waals surface area contributed by atoms with Crippen LogP contribution in [-0.4, -0.2) is 67.6 Å². The lowest BCUT2D eigenvalue weighted by molar-refractivity contribution is -0.223. The van der Waals surface area contributed by atoms with Crippen LogP contribution < -0.4 is 5.32 Å². The van der Waals surface area contributed by atoms with Gasteiger partial charge < -0.3 is 15.3 Å². The molecule has 1 saturated heterocycles. The quantitative estimate of drug-likeness (QED) is 0.260. The lowest BCUT2D eigenvalue weighted by Crippen LogP contribution is -2.68. The zero-order valence-electron chi connectivity index (χ0n) is 33.5. The van der Waals surface area contributed by atoms with Crippen molar-refractivity contribution in [1.82, 2.24) is 10.2 Å². The smallest absolute Gasteiger partial charge is 0.306 e. The molecule has 0 aromatic carbocycles. The van der Waals surface area contributed by atoms with E-state index in [0.29, 0.717) is 59.6 Å². The summed E-state index contributed by atoms with van der Waals surface area (Å²) in [5, 5.41) is 13.9. The minimum atomic E-state index is -2.85. The Labute approximate surface area is 311 Å². The summed E-state index contributed by atoms with van der Waals surface area (Å²) in [7, 11) is -2.85. The van der Waals surface area contributed by atoms with Crippen molar-refractivity contribution in [3.63, 3.8) is 0 Å². The topological polar surface area (TPSA) is 86.7 Å². The number of nitrogens with one attached hydrogen (secondary N) is 1. The van der Waals surface area contributed by atoms with Crippen LogP contribution in [0.1, 0.15) is 132 Å². The number of aliphatic carboxylic acids is 1. The van der Waals surface area contributed by atoms with Gasteiger partial charge in [0.2, 0.25) is 0 Å². The number of nitrogens with zero attached hydrogens (tertiary/aromatic N) is 1. The lowest BCUT2D eigenvalue weighted by Gasteiger charge is -2.72. The molecule has 288 valence electrons. The van der Waals surface area contributed by atoms with Crippen molar-refractivity contribution < 1.29 is 18.3 Å². The Morgan fingerprint density at radius 1 is 0.902 bits per heavy atom. The number of rotatable bonds is 8. The Bertz CT molecular complexity index is 1520. The molecule has 4 saturated carbocycles. The van der Waals surface area contributed by atoms with Gasteiger partial charge in [-0.05, 0) is 151 Å². The average Bonchev–Trinajstić information content (AvgIpc) is 3.45. The molecule has 7 heteroatoms. The maximum Gasteiger partial charge on any atom is 0.306 e. The Hall–Kier alpha value is -1.18. The molecule has 0 aromatic heterocycles. The highest BCUT2D eigenvalue weighted by atomic mass is 32.2. The first-order valence-electron chi connectivity index (χ1n) is 21.2. The van der Waals surface area contributed by atoms with Crippen LogP contribution in [0.4, 0.5) is 0 Å². The van der Waals surface area contributed by atoms with Gasteiger partial charge in [0.05, 0.1) is 17.4 Å². The van der Waals surface area contributed by atoms with Crippen molar-refractivity contribution in [2.75, 3.05) is 37.7 Å². The average molecular weight is 725 g/mol.